The maximum Gasteiger partial charge on any atom is 0.233 e. The predicted octanol–water partition coefficient (Wildman–Crippen LogP) is 1.91. The van der Waals surface area contributed by atoms with Crippen LogP contribution in [0.15, 0.2) is 38.0 Å². The number of hydrogen-bond donors (Lipinski definition) is 1. The molecule has 0 saturated heterocycles. The lowest BCUT2D eigenvalue weighted by Gasteiger charge is -2.17. The molecule has 2 rings (SSSR count). The molecule has 0 spiro atoms. The van der Waals surface area contributed by atoms with Gasteiger partial charge in [0.05, 0.1) is 11.9 Å². The molecule has 0 aliphatic carbocycles. The lowest BCUT2D eigenvalue weighted by atomic mass is 10.5. The van der Waals surface area contributed by atoms with Crippen molar-refractivity contribution in [2.75, 3.05) is 24.6 Å². The highest BCUT2D eigenvalue weighted by molar-refractivity contribution is 7.99. The zero-order valence-electron chi connectivity index (χ0n) is 13.3. The first kappa shape index (κ1) is 18.7. The topological polar surface area (TPSA) is 106 Å². The molecule has 2 aromatic heterocycles. The second kappa shape index (κ2) is 7.95. The summed E-state index contributed by atoms with van der Waals surface area (Å²) in [5.41, 5.74) is 5.80. The molecule has 2 N–H and O–H groups in total. The van der Waals surface area contributed by atoms with Crippen molar-refractivity contribution in [3.63, 3.8) is 0 Å². The van der Waals surface area contributed by atoms with E-state index in [0.717, 1.165) is 23.1 Å². The Morgan fingerprint density at radius 1 is 1.38 bits per heavy atom. The lowest BCUT2D eigenvalue weighted by molar-refractivity contribution is -0.127. The van der Waals surface area contributed by atoms with Crippen LogP contribution in [0.25, 0.3) is 0 Å². The molecule has 0 radical (unpaired) electrons. The Balaban J connectivity index is 2.15. The Labute approximate surface area is 149 Å². The summed E-state index contributed by atoms with van der Waals surface area (Å²) in [6, 6.07) is 3.16. The van der Waals surface area contributed by atoms with Crippen LogP contribution in [0.4, 0.5) is 5.82 Å². The third kappa shape index (κ3) is 4.05. The van der Waals surface area contributed by atoms with Gasteiger partial charge in [-0.05, 0) is 25.3 Å². The number of nitrogens with zero attached hydrogens (tertiary/aromatic N) is 3. The number of nitrogens with two attached hydrogens (primary N) is 1. The van der Waals surface area contributed by atoms with E-state index in [1.807, 2.05) is 13.8 Å². The van der Waals surface area contributed by atoms with Crippen molar-refractivity contribution in [1.82, 2.24) is 14.9 Å². The van der Waals surface area contributed by atoms with Crippen LogP contribution in [0.3, 0.4) is 0 Å². The van der Waals surface area contributed by atoms with E-state index in [1.54, 1.807) is 16.3 Å². The van der Waals surface area contributed by atoms with Crippen molar-refractivity contribution < 1.29 is 13.2 Å². The number of amides is 1. The molecule has 0 unspecified atom stereocenters. The first-order valence-electron chi connectivity index (χ1n) is 7.21. The highest BCUT2D eigenvalue weighted by Gasteiger charge is 2.23. The Hall–Kier alpha value is -1.65. The monoisotopic (exact) mass is 386 g/mol. The number of carbonyl (C=O) groups excluding carboxylic acids is 1. The van der Waals surface area contributed by atoms with E-state index in [4.69, 9.17) is 5.73 Å². The summed E-state index contributed by atoms with van der Waals surface area (Å²) in [5, 5.41) is 1.95. The molecule has 0 aliphatic heterocycles. The number of nitrogen functional groups attached to an aromatic ring is 1. The smallest absolute Gasteiger partial charge is 0.233 e. The van der Waals surface area contributed by atoms with Gasteiger partial charge in [0.2, 0.25) is 15.7 Å². The van der Waals surface area contributed by atoms with Gasteiger partial charge in [0.25, 0.3) is 0 Å². The fraction of sp³-hybridized carbons (Fsp3) is 0.357. The van der Waals surface area contributed by atoms with Crippen LogP contribution in [-0.2, 0) is 14.6 Å². The first-order chi connectivity index (χ1) is 11.4. The molecule has 0 aliphatic rings. The van der Waals surface area contributed by atoms with E-state index < -0.39 is 9.84 Å². The summed E-state index contributed by atoms with van der Waals surface area (Å²) in [6.45, 7) is 5.09. The number of thioether (sulfide) groups is 1. The van der Waals surface area contributed by atoms with Crippen molar-refractivity contribution in [3.8, 4) is 0 Å². The molecule has 0 saturated carbocycles. The molecule has 0 fully saturated rings. The van der Waals surface area contributed by atoms with Crippen LogP contribution in [0.2, 0.25) is 0 Å². The van der Waals surface area contributed by atoms with E-state index in [-0.39, 0.29) is 31.7 Å². The Morgan fingerprint density at radius 3 is 2.62 bits per heavy atom. The maximum atomic E-state index is 12.4. The molecule has 24 heavy (non-hydrogen) atoms. The van der Waals surface area contributed by atoms with Crippen molar-refractivity contribution in [2.45, 2.75) is 28.1 Å². The molecule has 7 nitrogen and oxygen atoms in total. The fourth-order valence-electron chi connectivity index (χ4n) is 1.96. The normalized spacial score (nSPS) is 11.4. The van der Waals surface area contributed by atoms with E-state index in [0.29, 0.717) is 13.1 Å². The summed E-state index contributed by atoms with van der Waals surface area (Å²) in [4.78, 5) is 21.6. The van der Waals surface area contributed by atoms with Gasteiger partial charge in [0, 0.05) is 13.1 Å². The van der Waals surface area contributed by atoms with Crippen molar-refractivity contribution in [1.29, 1.82) is 0 Å². The molecule has 130 valence electrons. The zero-order valence-corrected chi connectivity index (χ0v) is 15.7. The number of anilines is 1. The van der Waals surface area contributed by atoms with Crippen LogP contribution in [-0.4, -0.2) is 48.0 Å². The van der Waals surface area contributed by atoms with Gasteiger partial charge in [-0.25, -0.2) is 18.4 Å². The van der Waals surface area contributed by atoms with Gasteiger partial charge in [0.1, 0.15) is 14.9 Å². The van der Waals surface area contributed by atoms with Gasteiger partial charge in [0.15, 0.2) is 5.16 Å². The molecule has 0 bridgehead atoms. The fourth-order valence-corrected chi connectivity index (χ4v) is 5.07. The van der Waals surface area contributed by atoms with Gasteiger partial charge < -0.3 is 10.6 Å². The molecule has 2 aromatic rings. The first-order valence-corrected chi connectivity index (χ1v) is 10.6. The minimum atomic E-state index is -3.71. The van der Waals surface area contributed by atoms with Gasteiger partial charge in [-0.2, -0.15) is 0 Å². The van der Waals surface area contributed by atoms with Crippen LogP contribution >= 0.6 is 23.1 Å². The molecular weight excluding hydrogens is 368 g/mol. The molecule has 10 heteroatoms. The standard InChI is InChI=1S/C14H18N4O3S3/c1-3-18(4-2)11(19)9-23-14-16-8-10(13(15)17-14)24(20,21)12-6-5-7-22-12/h5-8H,3-4,9H2,1-2H3,(H2,15,16,17). The van der Waals surface area contributed by atoms with Crippen LogP contribution < -0.4 is 5.73 Å². The third-order valence-corrected chi connectivity index (χ3v) is 7.27. The Morgan fingerprint density at radius 2 is 2.08 bits per heavy atom. The van der Waals surface area contributed by atoms with Gasteiger partial charge in [-0.1, -0.05) is 17.8 Å². The lowest BCUT2D eigenvalue weighted by Crippen LogP contribution is -2.31. The quantitative estimate of drug-likeness (QED) is 0.572. The number of rotatable bonds is 7. The largest absolute Gasteiger partial charge is 0.382 e. The van der Waals surface area contributed by atoms with E-state index in [9.17, 15) is 13.2 Å². The minimum absolute atomic E-state index is 0.0255. The zero-order chi connectivity index (χ0) is 17.7. The average Bonchev–Trinajstić information content (AvgIpc) is 3.09. The minimum Gasteiger partial charge on any atom is -0.382 e. The third-order valence-electron chi connectivity index (χ3n) is 3.25. The number of thiophene rings is 1. The summed E-state index contributed by atoms with van der Waals surface area (Å²) in [5.74, 6) is 0.0386. The second-order valence-electron chi connectivity index (χ2n) is 4.69. The average molecular weight is 387 g/mol. The van der Waals surface area contributed by atoms with E-state index >= 15 is 0 Å². The van der Waals surface area contributed by atoms with Crippen molar-refractivity contribution in [2.24, 2.45) is 0 Å². The molecule has 2 heterocycles. The summed E-state index contributed by atoms with van der Waals surface area (Å²) in [7, 11) is -3.71. The number of sulfone groups is 1. The molecular formula is C14H18N4O3S3. The van der Waals surface area contributed by atoms with Crippen LogP contribution in [0, 0.1) is 0 Å². The Kier molecular flexibility index (Phi) is 6.19. The van der Waals surface area contributed by atoms with Crippen LogP contribution in [0.5, 0.6) is 0 Å². The SMILES string of the molecule is CCN(CC)C(=O)CSc1ncc(S(=O)(=O)c2cccs2)c(N)n1. The highest BCUT2D eigenvalue weighted by Crippen LogP contribution is 2.28. The van der Waals surface area contributed by atoms with E-state index in [1.165, 1.54) is 12.3 Å². The molecule has 0 aromatic carbocycles. The summed E-state index contributed by atoms with van der Waals surface area (Å²) < 4.78 is 25.1. The number of hydrogen-bond acceptors (Lipinski definition) is 8. The predicted molar refractivity (Wildman–Crippen MR) is 94.9 cm³/mol. The maximum absolute atomic E-state index is 12.4. The number of aromatic nitrogens is 2. The van der Waals surface area contributed by atoms with Crippen LogP contribution in [0.1, 0.15) is 13.8 Å². The highest BCUT2D eigenvalue weighted by atomic mass is 32.2. The van der Waals surface area contributed by atoms with Gasteiger partial charge in [-0.15, -0.1) is 11.3 Å². The van der Waals surface area contributed by atoms with Gasteiger partial charge >= 0.3 is 0 Å². The number of carbonyl (C=O) groups is 1. The molecule has 0 atom stereocenters. The molecule has 1 amide bonds. The summed E-state index contributed by atoms with van der Waals surface area (Å²) >= 11 is 2.24. The van der Waals surface area contributed by atoms with Crippen molar-refractivity contribution >= 4 is 44.7 Å². The van der Waals surface area contributed by atoms with Gasteiger partial charge in [-0.3, -0.25) is 4.79 Å². The van der Waals surface area contributed by atoms with E-state index in [2.05, 4.69) is 9.97 Å². The van der Waals surface area contributed by atoms with Crippen molar-refractivity contribution in [3.05, 3.63) is 23.7 Å². The second-order valence-corrected chi connectivity index (χ2v) is 8.73. The Bertz CT molecular complexity index is 803. The summed E-state index contributed by atoms with van der Waals surface area (Å²) in [6.07, 6.45) is 1.20.